The highest BCUT2D eigenvalue weighted by molar-refractivity contribution is 5.31. The van der Waals surface area contributed by atoms with Crippen molar-refractivity contribution >= 4 is 0 Å². The molecule has 0 amide bonds. The topological polar surface area (TPSA) is 47.3 Å². The molecule has 1 aromatic carbocycles. The standard InChI is InChI=1S/C16H26N2O/c1-3-19-16(11-7-4-8-12-16)15(18-17)14-10-6-5-9-13(14)2/h5-6,9-10,15,18H,3-4,7-8,11-12,17H2,1-2H3. The number of ether oxygens (including phenoxy) is 1. The summed E-state index contributed by atoms with van der Waals surface area (Å²) in [4.78, 5) is 0. The Morgan fingerprint density at radius 1 is 1.26 bits per heavy atom. The van der Waals surface area contributed by atoms with Gasteiger partial charge < -0.3 is 4.74 Å². The van der Waals surface area contributed by atoms with Gasteiger partial charge in [-0.2, -0.15) is 0 Å². The van der Waals surface area contributed by atoms with Crippen molar-refractivity contribution in [2.75, 3.05) is 6.61 Å². The maximum Gasteiger partial charge on any atom is 0.0889 e. The molecule has 1 saturated carbocycles. The zero-order valence-electron chi connectivity index (χ0n) is 12.1. The number of nitrogens with two attached hydrogens (primary N) is 1. The average Bonchev–Trinajstić information content (AvgIpc) is 2.43. The molecule has 3 nitrogen and oxygen atoms in total. The molecule has 3 N–H and O–H groups in total. The molecule has 0 radical (unpaired) electrons. The number of nitrogens with one attached hydrogen (secondary N) is 1. The van der Waals surface area contributed by atoms with Crippen molar-refractivity contribution in [2.45, 2.75) is 57.6 Å². The minimum atomic E-state index is -0.145. The predicted octanol–water partition coefficient (Wildman–Crippen LogP) is 3.24. The highest BCUT2D eigenvalue weighted by Gasteiger charge is 2.41. The van der Waals surface area contributed by atoms with Crippen LogP contribution in [0.5, 0.6) is 0 Å². The third-order valence-electron chi connectivity index (χ3n) is 4.32. The molecule has 19 heavy (non-hydrogen) atoms. The number of hydrogen-bond acceptors (Lipinski definition) is 3. The number of aryl methyl sites for hydroxylation is 1. The van der Waals surface area contributed by atoms with E-state index in [1.165, 1.54) is 30.4 Å². The van der Waals surface area contributed by atoms with Gasteiger partial charge in [0.25, 0.3) is 0 Å². The van der Waals surface area contributed by atoms with Crippen molar-refractivity contribution in [2.24, 2.45) is 5.84 Å². The SMILES string of the molecule is CCOC1(C(NN)c2ccccc2C)CCCCC1. The van der Waals surface area contributed by atoms with Gasteiger partial charge in [-0.25, -0.2) is 0 Å². The highest BCUT2D eigenvalue weighted by Crippen LogP contribution is 2.41. The largest absolute Gasteiger partial charge is 0.373 e. The maximum absolute atomic E-state index is 6.19. The second-order valence-corrected chi connectivity index (χ2v) is 5.51. The van der Waals surface area contributed by atoms with Gasteiger partial charge in [-0.15, -0.1) is 0 Å². The Bertz CT molecular complexity index is 394. The molecule has 1 aliphatic rings. The molecule has 0 aliphatic heterocycles. The number of rotatable bonds is 5. The van der Waals surface area contributed by atoms with Crippen LogP contribution in [0.1, 0.15) is 56.2 Å². The number of hydrogen-bond donors (Lipinski definition) is 2. The minimum Gasteiger partial charge on any atom is -0.373 e. The Morgan fingerprint density at radius 3 is 2.53 bits per heavy atom. The Labute approximate surface area is 116 Å². The van der Waals surface area contributed by atoms with Crippen LogP contribution in [0.2, 0.25) is 0 Å². The molecule has 0 saturated heterocycles. The predicted molar refractivity (Wildman–Crippen MR) is 78.7 cm³/mol. The van der Waals surface area contributed by atoms with Crippen molar-refractivity contribution < 1.29 is 4.74 Å². The molecule has 1 aliphatic carbocycles. The lowest BCUT2D eigenvalue weighted by molar-refractivity contribution is -0.0914. The molecule has 1 fully saturated rings. The maximum atomic E-state index is 6.19. The van der Waals surface area contributed by atoms with E-state index in [1.54, 1.807) is 0 Å². The smallest absolute Gasteiger partial charge is 0.0889 e. The first-order chi connectivity index (χ1) is 9.23. The quantitative estimate of drug-likeness (QED) is 0.632. The van der Waals surface area contributed by atoms with Crippen LogP contribution in [0.25, 0.3) is 0 Å². The first kappa shape index (κ1) is 14.5. The van der Waals surface area contributed by atoms with Gasteiger partial charge in [0.15, 0.2) is 0 Å². The number of hydrazine groups is 1. The van der Waals surface area contributed by atoms with Gasteiger partial charge in [0.2, 0.25) is 0 Å². The summed E-state index contributed by atoms with van der Waals surface area (Å²) in [6, 6.07) is 8.53. The second kappa shape index (κ2) is 6.51. The lowest BCUT2D eigenvalue weighted by Crippen LogP contribution is -2.50. The van der Waals surface area contributed by atoms with E-state index in [0.29, 0.717) is 0 Å². The highest BCUT2D eigenvalue weighted by atomic mass is 16.5. The molecule has 1 unspecified atom stereocenters. The lowest BCUT2D eigenvalue weighted by Gasteiger charge is -2.43. The monoisotopic (exact) mass is 262 g/mol. The van der Waals surface area contributed by atoms with Gasteiger partial charge in [0.1, 0.15) is 0 Å². The fraction of sp³-hybridized carbons (Fsp3) is 0.625. The van der Waals surface area contributed by atoms with Crippen molar-refractivity contribution in [3.05, 3.63) is 35.4 Å². The van der Waals surface area contributed by atoms with Gasteiger partial charge in [-0.05, 0) is 37.8 Å². The van der Waals surface area contributed by atoms with Crippen LogP contribution in [0.3, 0.4) is 0 Å². The molecule has 3 heteroatoms. The van der Waals surface area contributed by atoms with Crippen LogP contribution < -0.4 is 11.3 Å². The summed E-state index contributed by atoms with van der Waals surface area (Å²) in [5.41, 5.74) is 5.42. The molecular formula is C16H26N2O. The van der Waals surface area contributed by atoms with E-state index in [4.69, 9.17) is 10.6 Å². The molecule has 2 rings (SSSR count). The van der Waals surface area contributed by atoms with Gasteiger partial charge >= 0.3 is 0 Å². The lowest BCUT2D eigenvalue weighted by atomic mass is 9.76. The third kappa shape index (κ3) is 2.99. The van der Waals surface area contributed by atoms with Crippen LogP contribution in [-0.4, -0.2) is 12.2 Å². The summed E-state index contributed by atoms with van der Waals surface area (Å²) in [5.74, 6) is 5.89. The zero-order chi connectivity index (χ0) is 13.7. The van der Waals surface area contributed by atoms with Crippen molar-refractivity contribution in [3.63, 3.8) is 0 Å². The van der Waals surface area contributed by atoms with Gasteiger partial charge in [0, 0.05) is 6.61 Å². The number of benzene rings is 1. The van der Waals surface area contributed by atoms with Gasteiger partial charge in [0.05, 0.1) is 11.6 Å². The van der Waals surface area contributed by atoms with E-state index in [-0.39, 0.29) is 11.6 Å². The molecular weight excluding hydrogens is 236 g/mol. The van der Waals surface area contributed by atoms with Crippen LogP contribution in [0, 0.1) is 6.92 Å². The molecule has 1 aromatic rings. The van der Waals surface area contributed by atoms with Crippen LogP contribution in [0.15, 0.2) is 24.3 Å². The zero-order valence-corrected chi connectivity index (χ0v) is 12.1. The average molecular weight is 262 g/mol. The molecule has 0 bridgehead atoms. The second-order valence-electron chi connectivity index (χ2n) is 5.51. The van der Waals surface area contributed by atoms with Crippen molar-refractivity contribution in [3.8, 4) is 0 Å². The van der Waals surface area contributed by atoms with E-state index in [0.717, 1.165) is 19.4 Å². The van der Waals surface area contributed by atoms with E-state index in [9.17, 15) is 0 Å². The summed E-state index contributed by atoms with van der Waals surface area (Å²) in [6.07, 6.45) is 5.93. The molecule has 106 valence electrons. The fourth-order valence-corrected chi connectivity index (χ4v) is 3.39. The summed E-state index contributed by atoms with van der Waals surface area (Å²) >= 11 is 0. The summed E-state index contributed by atoms with van der Waals surface area (Å²) in [5, 5.41) is 0. The van der Waals surface area contributed by atoms with Crippen molar-refractivity contribution in [1.82, 2.24) is 5.43 Å². The van der Waals surface area contributed by atoms with Crippen LogP contribution in [0.4, 0.5) is 0 Å². The summed E-state index contributed by atoms with van der Waals surface area (Å²) in [6.45, 7) is 4.95. The molecule has 0 heterocycles. The summed E-state index contributed by atoms with van der Waals surface area (Å²) in [7, 11) is 0. The fourth-order valence-electron chi connectivity index (χ4n) is 3.39. The molecule has 0 spiro atoms. The van der Waals surface area contributed by atoms with E-state index >= 15 is 0 Å². The Balaban J connectivity index is 2.34. The van der Waals surface area contributed by atoms with E-state index < -0.39 is 0 Å². The van der Waals surface area contributed by atoms with Gasteiger partial charge in [-0.3, -0.25) is 11.3 Å². The first-order valence-electron chi connectivity index (χ1n) is 7.39. The van der Waals surface area contributed by atoms with Gasteiger partial charge in [-0.1, -0.05) is 43.5 Å². The van der Waals surface area contributed by atoms with E-state index in [1.807, 2.05) is 0 Å². The first-order valence-corrected chi connectivity index (χ1v) is 7.39. The normalized spacial score (nSPS) is 20.2. The Kier molecular flexibility index (Phi) is 4.97. The third-order valence-corrected chi connectivity index (χ3v) is 4.32. The Morgan fingerprint density at radius 2 is 1.95 bits per heavy atom. The van der Waals surface area contributed by atoms with E-state index in [2.05, 4.69) is 43.5 Å². The summed E-state index contributed by atoms with van der Waals surface area (Å²) < 4.78 is 6.19. The van der Waals surface area contributed by atoms with Crippen LogP contribution >= 0.6 is 0 Å². The van der Waals surface area contributed by atoms with Crippen molar-refractivity contribution in [1.29, 1.82) is 0 Å². The Hall–Kier alpha value is -0.900. The minimum absolute atomic E-state index is 0.0777. The molecule has 1 atom stereocenters. The molecule has 0 aromatic heterocycles. The van der Waals surface area contributed by atoms with Crippen LogP contribution in [-0.2, 0) is 4.74 Å².